The number of hydrogen-bond acceptors (Lipinski definition) is 9. The van der Waals surface area contributed by atoms with Crippen molar-refractivity contribution in [2.75, 3.05) is 6.61 Å². The molecule has 1 aromatic rings. The summed E-state index contributed by atoms with van der Waals surface area (Å²) in [7, 11) is 0. The number of rotatable bonds is 7. The first kappa shape index (κ1) is 21.0. The molecule has 0 aromatic heterocycles. The number of benzene rings is 1. The molecule has 0 aliphatic carbocycles. The molecule has 0 bridgehead atoms. The lowest BCUT2D eigenvalue weighted by atomic mass is 10.1. The summed E-state index contributed by atoms with van der Waals surface area (Å²) in [5.74, 6) is -4.63. The maximum Gasteiger partial charge on any atom is 0.364 e. The summed E-state index contributed by atoms with van der Waals surface area (Å²) in [4.78, 5) is 81.2. The third kappa shape index (κ3) is 4.45. The van der Waals surface area contributed by atoms with E-state index in [4.69, 9.17) is 14.4 Å². The molecule has 2 aliphatic rings. The molecule has 11 heteroatoms. The fourth-order valence-corrected chi connectivity index (χ4v) is 2.72. The van der Waals surface area contributed by atoms with Gasteiger partial charge in [-0.3, -0.25) is 19.2 Å². The first-order valence-corrected chi connectivity index (χ1v) is 9.24. The summed E-state index contributed by atoms with van der Waals surface area (Å²) in [5, 5.41) is 0.753. The maximum absolute atomic E-state index is 12.4. The molecular formula is C19H18N2O9. The molecule has 3 rings (SSSR count). The second kappa shape index (κ2) is 8.72. The van der Waals surface area contributed by atoms with Crippen LogP contribution in [0.4, 0.5) is 0 Å². The first-order valence-electron chi connectivity index (χ1n) is 9.24. The van der Waals surface area contributed by atoms with Gasteiger partial charge in [-0.2, -0.15) is 0 Å². The molecule has 0 spiro atoms. The largest absolute Gasteiger partial charge is 0.494 e. The molecular weight excluding hydrogens is 400 g/mol. The number of hydrogen-bond donors (Lipinski definition) is 0. The van der Waals surface area contributed by atoms with Crippen LogP contribution in [0.1, 0.15) is 59.7 Å². The molecule has 2 saturated heterocycles. The van der Waals surface area contributed by atoms with Crippen LogP contribution >= 0.6 is 0 Å². The summed E-state index contributed by atoms with van der Waals surface area (Å²) in [6.45, 7) is 2.13. The molecule has 158 valence electrons. The molecule has 0 unspecified atom stereocenters. The predicted molar refractivity (Wildman–Crippen MR) is 95.2 cm³/mol. The van der Waals surface area contributed by atoms with Crippen molar-refractivity contribution in [2.45, 2.75) is 39.0 Å². The smallest absolute Gasteiger partial charge is 0.364 e. The minimum absolute atomic E-state index is 0.0682. The monoisotopic (exact) mass is 418 g/mol. The van der Waals surface area contributed by atoms with Gasteiger partial charge < -0.3 is 14.4 Å². The van der Waals surface area contributed by atoms with Crippen molar-refractivity contribution < 1.29 is 43.2 Å². The Balaban J connectivity index is 1.83. The van der Waals surface area contributed by atoms with E-state index < -0.39 is 35.6 Å². The lowest BCUT2D eigenvalue weighted by molar-refractivity contribution is -0.173. The Morgan fingerprint density at radius 2 is 1.17 bits per heavy atom. The zero-order valence-electron chi connectivity index (χ0n) is 16.0. The van der Waals surface area contributed by atoms with Gasteiger partial charge in [-0.05, 0) is 24.6 Å². The number of ether oxygens (including phenoxy) is 1. The molecule has 1 aromatic carbocycles. The SMILES string of the molecule is CCCOc1cc(C(=O)ON2C(=O)CCC2=O)cc(C(=O)ON2C(=O)CCC2=O)c1. The van der Waals surface area contributed by atoms with E-state index in [2.05, 4.69) is 0 Å². The summed E-state index contributed by atoms with van der Waals surface area (Å²) >= 11 is 0. The molecule has 2 heterocycles. The van der Waals surface area contributed by atoms with Gasteiger partial charge in [0, 0.05) is 25.7 Å². The number of imide groups is 2. The molecule has 2 fully saturated rings. The normalized spacial score (nSPS) is 16.3. The predicted octanol–water partition coefficient (Wildman–Crippen LogP) is 0.917. The van der Waals surface area contributed by atoms with Gasteiger partial charge in [-0.15, -0.1) is 10.1 Å². The Labute approximate surface area is 170 Å². The maximum atomic E-state index is 12.4. The van der Waals surface area contributed by atoms with Crippen molar-refractivity contribution in [3.63, 3.8) is 0 Å². The third-order valence-corrected chi connectivity index (χ3v) is 4.21. The topological polar surface area (TPSA) is 137 Å². The molecule has 4 amide bonds. The van der Waals surface area contributed by atoms with Crippen molar-refractivity contribution in [3.05, 3.63) is 29.3 Å². The Kier molecular flexibility index (Phi) is 6.09. The van der Waals surface area contributed by atoms with Gasteiger partial charge >= 0.3 is 11.9 Å². The van der Waals surface area contributed by atoms with Crippen LogP contribution in [0.5, 0.6) is 5.75 Å². The first-order chi connectivity index (χ1) is 14.3. The van der Waals surface area contributed by atoms with E-state index in [1.807, 2.05) is 6.92 Å². The Hall–Kier alpha value is -3.76. The van der Waals surface area contributed by atoms with E-state index in [0.717, 1.165) is 6.07 Å². The number of hydroxylamine groups is 4. The zero-order valence-corrected chi connectivity index (χ0v) is 16.0. The summed E-state index contributed by atoms with van der Waals surface area (Å²) < 4.78 is 5.45. The molecule has 11 nitrogen and oxygen atoms in total. The standard InChI is InChI=1S/C19H18N2O9/c1-2-7-28-13-9-11(18(26)29-20-14(22)3-4-15(20)23)8-12(10-13)19(27)30-21-16(24)5-6-17(21)25/h8-10H,2-7H2,1H3. The summed E-state index contributed by atoms with van der Waals surface area (Å²) in [6.07, 6.45) is 0.368. The minimum atomic E-state index is -1.07. The fourth-order valence-electron chi connectivity index (χ4n) is 2.72. The van der Waals surface area contributed by atoms with Gasteiger partial charge in [0.25, 0.3) is 23.6 Å². The van der Waals surface area contributed by atoms with Gasteiger partial charge in [0.1, 0.15) is 5.75 Å². The molecule has 30 heavy (non-hydrogen) atoms. The fraction of sp³-hybridized carbons (Fsp3) is 0.368. The van der Waals surface area contributed by atoms with Crippen LogP contribution in [0.2, 0.25) is 0 Å². The van der Waals surface area contributed by atoms with E-state index in [-0.39, 0.29) is 49.2 Å². The van der Waals surface area contributed by atoms with E-state index >= 15 is 0 Å². The number of carbonyl (C=O) groups is 6. The minimum Gasteiger partial charge on any atom is -0.494 e. The third-order valence-electron chi connectivity index (χ3n) is 4.21. The Bertz CT molecular complexity index is 840. The van der Waals surface area contributed by atoms with Crippen LogP contribution in [-0.2, 0) is 28.9 Å². The summed E-state index contributed by atoms with van der Waals surface area (Å²) in [5.41, 5.74) is -0.385. The van der Waals surface area contributed by atoms with E-state index in [1.165, 1.54) is 12.1 Å². The second-order valence-corrected chi connectivity index (χ2v) is 6.52. The molecule has 0 radical (unpaired) electrons. The van der Waals surface area contributed by atoms with Crippen molar-refractivity contribution in [1.29, 1.82) is 0 Å². The number of amides is 4. The van der Waals surface area contributed by atoms with Crippen LogP contribution in [0.3, 0.4) is 0 Å². The van der Waals surface area contributed by atoms with Crippen LogP contribution in [0.25, 0.3) is 0 Å². The number of carbonyl (C=O) groups excluding carboxylic acids is 6. The van der Waals surface area contributed by atoms with Crippen molar-refractivity contribution in [1.82, 2.24) is 10.1 Å². The Morgan fingerprint density at radius 1 is 0.767 bits per heavy atom. The van der Waals surface area contributed by atoms with Crippen molar-refractivity contribution in [2.24, 2.45) is 0 Å². The highest BCUT2D eigenvalue weighted by Gasteiger charge is 2.35. The highest BCUT2D eigenvalue weighted by molar-refractivity contribution is 6.04. The van der Waals surface area contributed by atoms with Crippen LogP contribution in [0, 0.1) is 0 Å². The lowest BCUT2D eigenvalue weighted by Gasteiger charge is -2.15. The van der Waals surface area contributed by atoms with Crippen LogP contribution in [-0.4, -0.2) is 52.3 Å². The average molecular weight is 418 g/mol. The van der Waals surface area contributed by atoms with Crippen LogP contribution < -0.4 is 4.74 Å². The Morgan fingerprint density at radius 3 is 1.53 bits per heavy atom. The second-order valence-electron chi connectivity index (χ2n) is 6.52. The van der Waals surface area contributed by atoms with E-state index in [9.17, 15) is 28.8 Å². The molecule has 0 saturated carbocycles. The van der Waals surface area contributed by atoms with Gasteiger partial charge in [0.15, 0.2) is 0 Å². The molecule has 0 atom stereocenters. The summed E-state index contributed by atoms with van der Waals surface area (Å²) in [6, 6.07) is 3.62. The quantitative estimate of drug-likeness (QED) is 0.592. The van der Waals surface area contributed by atoms with E-state index in [1.54, 1.807) is 0 Å². The number of nitrogens with zero attached hydrogens (tertiary/aromatic N) is 2. The van der Waals surface area contributed by atoms with Crippen molar-refractivity contribution >= 4 is 35.6 Å². The molecule has 2 aliphatic heterocycles. The lowest BCUT2D eigenvalue weighted by Crippen LogP contribution is -2.33. The zero-order chi connectivity index (χ0) is 21.8. The van der Waals surface area contributed by atoms with Gasteiger partial charge in [-0.1, -0.05) is 6.92 Å². The highest BCUT2D eigenvalue weighted by Crippen LogP contribution is 2.22. The average Bonchev–Trinajstić information content (AvgIpc) is 3.22. The van der Waals surface area contributed by atoms with Gasteiger partial charge in [0.2, 0.25) is 0 Å². The highest BCUT2D eigenvalue weighted by atomic mass is 16.7. The van der Waals surface area contributed by atoms with Gasteiger partial charge in [0.05, 0.1) is 17.7 Å². The van der Waals surface area contributed by atoms with Gasteiger partial charge in [-0.25, -0.2) is 9.59 Å². The molecule has 0 N–H and O–H groups in total. The van der Waals surface area contributed by atoms with Crippen molar-refractivity contribution in [3.8, 4) is 5.75 Å². The van der Waals surface area contributed by atoms with Crippen LogP contribution in [0.15, 0.2) is 18.2 Å². The van der Waals surface area contributed by atoms with E-state index in [0.29, 0.717) is 16.5 Å².